The molecule has 0 saturated carbocycles. The molecule has 0 atom stereocenters. The van der Waals surface area contributed by atoms with E-state index in [0.717, 1.165) is 83.7 Å². The van der Waals surface area contributed by atoms with Gasteiger partial charge in [-0.05, 0) is 138 Å². The second-order valence-electron chi connectivity index (χ2n) is 19.7. The summed E-state index contributed by atoms with van der Waals surface area (Å²) in [5.74, 6) is 1.34. The third kappa shape index (κ3) is 37.6. The Labute approximate surface area is 680 Å². The van der Waals surface area contributed by atoms with Crippen LogP contribution in [0.25, 0.3) is 21.9 Å². The van der Waals surface area contributed by atoms with E-state index in [1.165, 1.54) is 0 Å². The monoisotopic (exact) mass is 1730 g/mol. The summed E-state index contributed by atoms with van der Waals surface area (Å²) in [7, 11) is 48.9. The van der Waals surface area contributed by atoms with Gasteiger partial charge in [0.1, 0.15) is 28.7 Å². The number of aromatic hydroxyl groups is 5. The van der Waals surface area contributed by atoms with E-state index < -0.39 is 85.2 Å². The van der Waals surface area contributed by atoms with Crippen LogP contribution in [0.4, 0.5) is 28.4 Å². The van der Waals surface area contributed by atoms with E-state index in [2.05, 4.69) is 25.0 Å². The molecule has 518 valence electrons. The second-order valence-corrected chi connectivity index (χ2v) is 32.6. The van der Waals surface area contributed by atoms with Gasteiger partial charge in [-0.1, -0.05) is 200 Å². The molecule has 0 fully saturated rings. The third-order valence-electron chi connectivity index (χ3n) is 13.1. The first-order valence-electron chi connectivity index (χ1n) is 29.9. The first-order valence-corrected chi connectivity index (χ1v) is 51.4. The van der Waals surface area contributed by atoms with Crippen molar-refractivity contribution in [2.75, 3.05) is 0 Å². The number of hydrogen-bond acceptors (Lipinski definition) is 10. The van der Waals surface area contributed by atoms with E-state index in [-0.39, 0.29) is 17.2 Å². The Morgan fingerprint density at radius 2 is 0.539 bits per heavy atom. The topological polar surface area (TPSA) is 163 Å². The molecule has 102 heavy (non-hydrogen) atoms. The summed E-state index contributed by atoms with van der Waals surface area (Å²) in [6.45, 7) is 3.74. The molecular weight excluding hydrogens is 1670 g/mol. The predicted molar refractivity (Wildman–Crippen MR) is 420 cm³/mol. The number of nitrogens with zero attached hydrogens (tertiary/aromatic N) is 5. The van der Waals surface area contributed by atoms with E-state index in [0.29, 0.717) is 17.1 Å². The number of phenolic OH excluding ortho intramolecular Hbond substituents is 5. The molecule has 10 nitrogen and oxygen atoms in total. The molecule has 0 heterocycles. The number of hydrogen-bond donors (Lipinski definition) is 5. The number of aliphatic imine (C=N–C) groups is 5. The molecule has 0 aliphatic carbocycles. The Balaban J connectivity index is 0.000000316. The number of phenols is 5. The van der Waals surface area contributed by atoms with Gasteiger partial charge in [-0.25, -0.2) is 0 Å². The van der Waals surface area contributed by atoms with Crippen LogP contribution >= 0.6 is 93.0 Å². The summed E-state index contributed by atoms with van der Waals surface area (Å²) < 4.78 is 0. The summed E-state index contributed by atoms with van der Waals surface area (Å²) in [4.78, 5) is 21.6. The average Bonchev–Trinajstić information content (AvgIpc) is 0.718. The fraction of sp³-hybridized carbons (Fsp3) is 0.0260. The molecule has 0 spiro atoms. The van der Waals surface area contributed by atoms with Crippen LogP contribution in [-0.4, -0.2) is 56.6 Å². The number of halogens is 10. The Hall–Kier alpha value is -5.28. The number of para-hydroxylation sites is 9. The molecule has 0 unspecified atom stereocenters. The Kier molecular flexibility index (Phi) is 51.7. The molecular formula is C77H65Cl10N5O5Ti5. The van der Waals surface area contributed by atoms with E-state index in [1.807, 2.05) is 293 Å². The van der Waals surface area contributed by atoms with Crippen molar-refractivity contribution in [2.24, 2.45) is 25.0 Å². The van der Waals surface area contributed by atoms with Gasteiger partial charge >= 0.3 is 178 Å². The molecule has 12 rings (SSSR count). The van der Waals surface area contributed by atoms with Crippen LogP contribution in [-0.2, 0) is 85.2 Å². The van der Waals surface area contributed by atoms with E-state index in [4.69, 9.17) is 93.0 Å². The van der Waals surface area contributed by atoms with Crippen molar-refractivity contribution >= 4 is 163 Å². The average molecular weight is 1730 g/mol. The van der Waals surface area contributed by atoms with E-state index >= 15 is 0 Å². The summed E-state index contributed by atoms with van der Waals surface area (Å²) in [5, 5.41) is 51.6. The number of fused-ring (bicyclic) bond motifs is 1. The van der Waals surface area contributed by atoms with Crippen LogP contribution < -0.4 is 0 Å². The molecule has 0 aliphatic heterocycles. The number of aryl methyl sites for hydroxylation is 2. The van der Waals surface area contributed by atoms with Gasteiger partial charge < -0.3 is 25.5 Å². The molecule has 0 aliphatic rings. The van der Waals surface area contributed by atoms with Gasteiger partial charge in [-0.2, -0.15) is 0 Å². The normalized spacial score (nSPS) is 9.96. The predicted octanol–water partition coefficient (Wildman–Crippen LogP) is 26.0. The summed E-state index contributed by atoms with van der Waals surface area (Å²) in [6.07, 6.45) is 8.42. The minimum atomic E-state index is -0.556. The molecule has 12 aromatic rings. The van der Waals surface area contributed by atoms with E-state index in [9.17, 15) is 25.5 Å². The fourth-order valence-corrected chi connectivity index (χ4v) is 8.39. The zero-order chi connectivity index (χ0) is 74.4. The van der Waals surface area contributed by atoms with Crippen LogP contribution in [0.2, 0.25) is 0 Å². The maximum absolute atomic E-state index is 10.4. The van der Waals surface area contributed by atoms with Gasteiger partial charge in [0, 0.05) is 64.5 Å². The van der Waals surface area contributed by atoms with Gasteiger partial charge in [0.15, 0.2) is 0 Å². The third-order valence-corrected chi connectivity index (χ3v) is 13.1. The quantitative estimate of drug-likeness (QED) is 0.0642. The van der Waals surface area contributed by atoms with Crippen molar-refractivity contribution < 1.29 is 111 Å². The van der Waals surface area contributed by atoms with Crippen molar-refractivity contribution in [2.45, 2.75) is 13.8 Å². The van der Waals surface area contributed by atoms with Crippen LogP contribution in [0.5, 0.6) is 28.7 Å². The Morgan fingerprint density at radius 1 is 0.255 bits per heavy atom. The molecule has 0 radical (unpaired) electrons. The molecule has 0 amide bonds. The SMILES string of the molecule is Cc1cccc(C=Nc2ccccc2)c1O.Cc1cccc(C=Nc2ccccc2)c1O.Oc1c(C=Nc2ccccc2)cccc1-c1ccccc1.Oc1ccc2ccccc2c1C=Nc1ccccc1.Oc1ccccc1C=Nc1ccccc1.[Cl][Ti][Cl].[Cl][Ti][Cl].[Cl][Ti][Cl].[Cl][Ti][Cl].[Cl][Ti][Cl]. The Bertz CT molecular complexity index is 4280. The number of rotatable bonds is 11. The molecule has 0 aromatic heterocycles. The van der Waals surface area contributed by atoms with Crippen LogP contribution in [0.15, 0.2) is 322 Å². The summed E-state index contributed by atoms with van der Waals surface area (Å²) >= 11 is -2.78. The second kappa shape index (κ2) is 58.0. The van der Waals surface area contributed by atoms with Crippen LogP contribution in [0.1, 0.15) is 38.9 Å². The zero-order valence-electron chi connectivity index (χ0n) is 54.4. The van der Waals surface area contributed by atoms with E-state index in [1.54, 1.807) is 49.3 Å². The van der Waals surface area contributed by atoms with Crippen LogP contribution in [0, 0.1) is 13.8 Å². The van der Waals surface area contributed by atoms with Gasteiger partial charge in [-0.3, -0.25) is 25.0 Å². The van der Waals surface area contributed by atoms with Gasteiger partial charge in [0.25, 0.3) is 0 Å². The van der Waals surface area contributed by atoms with Crippen molar-refractivity contribution in [3.63, 3.8) is 0 Å². The first kappa shape index (κ1) is 90.9. The van der Waals surface area contributed by atoms with Crippen molar-refractivity contribution in [1.82, 2.24) is 0 Å². The van der Waals surface area contributed by atoms with Gasteiger partial charge in [0.05, 0.1) is 28.4 Å². The number of benzene rings is 12. The Morgan fingerprint density at radius 3 is 0.912 bits per heavy atom. The zero-order valence-corrected chi connectivity index (χ0v) is 69.8. The fourth-order valence-electron chi connectivity index (χ4n) is 8.39. The first-order chi connectivity index (χ1) is 49.7. The molecule has 12 aromatic carbocycles. The maximum atomic E-state index is 10.4. The van der Waals surface area contributed by atoms with Crippen molar-refractivity contribution in [3.8, 4) is 39.9 Å². The molecule has 5 N–H and O–H groups in total. The standard InChI is InChI=1S/C19H15NO.C17H13NO.2C14H13NO.C13H11NO.10ClH.5Ti/c21-19-16(14-20-17-11-5-2-6-12-17)10-7-13-18(19)15-8-3-1-4-9-15;19-17-11-10-13-6-4-5-9-15(13)16(17)12-18-14-7-2-1-3-8-14;2*1-11-6-5-7-12(14(11)16)10-15-13-8-3-2-4-9-13;15-13-9-5-4-6-11(13)10-14-12-7-2-1-3-8-12;;;;;;;;;;;;;;;/h1-14,21H;1-12,19H;2*2-10,16H,1H3;1-10,15H;10*1H;;;;;/q;;;;;;;;;;;;;;;5*+2/p-10. The van der Waals surface area contributed by atoms with Crippen molar-refractivity contribution in [1.29, 1.82) is 0 Å². The van der Waals surface area contributed by atoms with Gasteiger partial charge in [-0.15, -0.1) is 0 Å². The van der Waals surface area contributed by atoms with Gasteiger partial charge in [0.2, 0.25) is 0 Å². The molecule has 0 bridgehead atoms. The summed E-state index contributed by atoms with van der Waals surface area (Å²) in [5.41, 5.74) is 11.5. The minimum absolute atomic E-state index is 0.247. The summed E-state index contributed by atoms with van der Waals surface area (Å²) in [6, 6.07) is 93.7. The van der Waals surface area contributed by atoms with Crippen LogP contribution in [0.3, 0.4) is 0 Å². The molecule has 25 heteroatoms. The van der Waals surface area contributed by atoms with Crippen molar-refractivity contribution in [3.05, 3.63) is 336 Å². The molecule has 0 saturated heterocycles.